The van der Waals surface area contributed by atoms with Crippen LogP contribution < -0.4 is 9.44 Å². The van der Waals surface area contributed by atoms with Crippen molar-refractivity contribution in [2.45, 2.75) is 10.6 Å². The van der Waals surface area contributed by atoms with E-state index in [0.717, 1.165) is 0 Å². The molecule has 9 heteroatoms. The Bertz CT molecular complexity index is 1160. The molecule has 0 aliphatic heterocycles. The van der Waals surface area contributed by atoms with Crippen molar-refractivity contribution in [1.82, 2.24) is 0 Å². The largest absolute Gasteiger partial charge is 0.283 e. The number of para-hydroxylation sites is 1. The van der Waals surface area contributed by atoms with E-state index in [2.05, 4.69) is 9.44 Å². The molecule has 6 nitrogen and oxygen atoms in total. The van der Waals surface area contributed by atoms with Gasteiger partial charge in [0.15, 0.2) is 0 Å². The summed E-state index contributed by atoms with van der Waals surface area (Å²) < 4.78 is 67.6. The van der Waals surface area contributed by atoms with E-state index < -0.39 is 31.6 Å². The number of hydrogen-bond acceptors (Lipinski definition) is 4. The van der Waals surface area contributed by atoms with Gasteiger partial charge in [-0.15, -0.1) is 0 Å². The maximum atomic E-state index is 13.7. The average Bonchev–Trinajstić information content (AvgIpc) is 2.64. The Morgan fingerprint density at radius 2 is 1.25 bits per heavy atom. The van der Waals surface area contributed by atoms with Gasteiger partial charge < -0.3 is 0 Å². The van der Waals surface area contributed by atoms with Gasteiger partial charge in [-0.3, -0.25) is 9.44 Å². The molecule has 28 heavy (non-hydrogen) atoms. The maximum absolute atomic E-state index is 13.7. The van der Waals surface area contributed by atoms with Gasteiger partial charge in [0.2, 0.25) is 10.0 Å². The zero-order valence-electron chi connectivity index (χ0n) is 14.5. The zero-order valence-corrected chi connectivity index (χ0v) is 16.2. The zero-order chi connectivity index (χ0) is 20.2. The van der Waals surface area contributed by atoms with Crippen molar-refractivity contribution in [3.8, 4) is 0 Å². The van der Waals surface area contributed by atoms with Gasteiger partial charge in [-0.25, -0.2) is 21.2 Å². The first-order chi connectivity index (χ1) is 13.3. The highest BCUT2D eigenvalue weighted by molar-refractivity contribution is 7.92. The fourth-order valence-electron chi connectivity index (χ4n) is 2.46. The van der Waals surface area contributed by atoms with Crippen LogP contribution in [0.1, 0.15) is 5.56 Å². The Hall–Kier alpha value is -2.91. The summed E-state index contributed by atoms with van der Waals surface area (Å²) in [5, 5.41) is 0. The highest BCUT2D eigenvalue weighted by Crippen LogP contribution is 2.20. The summed E-state index contributed by atoms with van der Waals surface area (Å²) in [4.78, 5) is -0.0200. The first kappa shape index (κ1) is 19.8. The molecule has 0 unspecified atom stereocenters. The SMILES string of the molecule is O=S(=O)(Cc1ccccc1F)Nc1ccc(S(=O)(=O)Nc2ccccc2)cc1. The highest BCUT2D eigenvalue weighted by atomic mass is 32.2. The van der Waals surface area contributed by atoms with Gasteiger partial charge in [0.25, 0.3) is 10.0 Å². The van der Waals surface area contributed by atoms with Crippen LogP contribution in [0.15, 0.2) is 83.8 Å². The maximum Gasteiger partial charge on any atom is 0.261 e. The van der Waals surface area contributed by atoms with Gasteiger partial charge >= 0.3 is 0 Å². The van der Waals surface area contributed by atoms with E-state index in [9.17, 15) is 21.2 Å². The van der Waals surface area contributed by atoms with Crippen molar-refractivity contribution in [3.05, 3.63) is 90.2 Å². The standard InChI is InChI=1S/C19H17FN2O4S2/c20-19-9-5-4-6-15(19)14-27(23,24)21-17-10-12-18(13-11-17)28(25,26)22-16-7-2-1-3-8-16/h1-13,21-22H,14H2. The lowest BCUT2D eigenvalue weighted by molar-refractivity contribution is 0.591. The van der Waals surface area contributed by atoms with Crippen molar-refractivity contribution in [2.24, 2.45) is 0 Å². The summed E-state index contributed by atoms with van der Waals surface area (Å²) in [6, 6.07) is 19.2. The molecular weight excluding hydrogens is 403 g/mol. The summed E-state index contributed by atoms with van der Waals surface area (Å²) in [6.45, 7) is 0. The topological polar surface area (TPSA) is 92.3 Å². The van der Waals surface area contributed by atoms with Crippen LogP contribution in [-0.4, -0.2) is 16.8 Å². The van der Waals surface area contributed by atoms with Gasteiger partial charge in [0.05, 0.1) is 10.6 Å². The van der Waals surface area contributed by atoms with Crippen LogP contribution in [0.4, 0.5) is 15.8 Å². The van der Waals surface area contributed by atoms with Crippen molar-refractivity contribution >= 4 is 31.4 Å². The fraction of sp³-hybridized carbons (Fsp3) is 0.0526. The van der Waals surface area contributed by atoms with Crippen molar-refractivity contribution in [1.29, 1.82) is 0 Å². The van der Waals surface area contributed by atoms with Gasteiger partial charge in [-0.2, -0.15) is 0 Å². The molecule has 0 radical (unpaired) electrons. The van der Waals surface area contributed by atoms with Crippen LogP contribution in [0.3, 0.4) is 0 Å². The lowest BCUT2D eigenvalue weighted by atomic mass is 10.2. The molecule has 2 N–H and O–H groups in total. The Labute approximate surface area is 163 Å². The van der Waals surface area contributed by atoms with E-state index in [1.807, 2.05) is 0 Å². The number of sulfonamides is 2. The molecule has 3 rings (SSSR count). The molecule has 3 aromatic carbocycles. The van der Waals surface area contributed by atoms with Gasteiger partial charge in [-0.05, 0) is 42.5 Å². The Kier molecular flexibility index (Phi) is 5.66. The number of benzene rings is 3. The van der Waals surface area contributed by atoms with Crippen molar-refractivity contribution < 1.29 is 21.2 Å². The predicted molar refractivity (Wildman–Crippen MR) is 106 cm³/mol. The number of anilines is 2. The molecule has 146 valence electrons. The van der Waals surface area contributed by atoms with Crippen LogP contribution >= 0.6 is 0 Å². The second kappa shape index (κ2) is 7.99. The Morgan fingerprint density at radius 3 is 1.89 bits per heavy atom. The molecule has 3 aromatic rings. The van der Waals surface area contributed by atoms with Gasteiger partial charge in [-0.1, -0.05) is 36.4 Å². The predicted octanol–water partition coefficient (Wildman–Crippen LogP) is 3.57. The second-order valence-electron chi connectivity index (χ2n) is 5.95. The molecule has 0 aliphatic rings. The van der Waals surface area contributed by atoms with Crippen molar-refractivity contribution in [2.75, 3.05) is 9.44 Å². The normalized spacial score (nSPS) is 11.8. The molecule has 0 aromatic heterocycles. The van der Waals surface area contributed by atoms with Gasteiger partial charge in [0.1, 0.15) is 5.82 Å². The Morgan fingerprint density at radius 1 is 0.679 bits per heavy atom. The molecule has 0 saturated heterocycles. The minimum absolute atomic E-state index is 0.0200. The van der Waals surface area contributed by atoms with Gasteiger partial charge in [0, 0.05) is 16.9 Å². The van der Waals surface area contributed by atoms with E-state index in [-0.39, 0.29) is 16.1 Å². The highest BCUT2D eigenvalue weighted by Gasteiger charge is 2.17. The third kappa shape index (κ3) is 5.08. The summed E-state index contributed by atoms with van der Waals surface area (Å²) in [6.07, 6.45) is 0. The fourth-order valence-corrected chi connectivity index (χ4v) is 4.73. The molecule has 0 heterocycles. The quantitative estimate of drug-likeness (QED) is 0.611. The van der Waals surface area contributed by atoms with Crippen LogP contribution in [0.25, 0.3) is 0 Å². The minimum atomic E-state index is -3.86. The first-order valence-electron chi connectivity index (χ1n) is 8.17. The van der Waals surface area contributed by atoms with Crippen LogP contribution in [0.5, 0.6) is 0 Å². The molecule has 0 fully saturated rings. The van der Waals surface area contributed by atoms with E-state index in [0.29, 0.717) is 5.69 Å². The average molecular weight is 420 g/mol. The summed E-state index contributed by atoms with van der Waals surface area (Å²) in [7, 11) is -7.67. The molecule has 0 spiro atoms. The third-order valence-electron chi connectivity index (χ3n) is 3.77. The first-order valence-corrected chi connectivity index (χ1v) is 11.3. The lowest BCUT2D eigenvalue weighted by Crippen LogP contribution is -2.16. The van der Waals surface area contributed by atoms with E-state index in [4.69, 9.17) is 0 Å². The monoisotopic (exact) mass is 420 g/mol. The number of nitrogens with one attached hydrogen (secondary N) is 2. The smallest absolute Gasteiger partial charge is 0.261 e. The number of rotatable bonds is 7. The third-order valence-corrected chi connectivity index (χ3v) is 6.40. The summed E-state index contributed by atoms with van der Waals surface area (Å²) in [5.74, 6) is -1.14. The lowest BCUT2D eigenvalue weighted by Gasteiger charge is -2.11. The summed E-state index contributed by atoms with van der Waals surface area (Å²) >= 11 is 0. The van der Waals surface area contributed by atoms with Crippen molar-refractivity contribution in [3.63, 3.8) is 0 Å². The number of hydrogen-bond donors (Lipinski definition) is 2. The molecule has 0 bridgehead atoms. The van der Waals surface area contributed by atoms with E-state index in [1.165, 1.54) is 42.5 Å². The molecular formula is C19H17FN2O4S2. The molecule has 0 amide bonds. The van der Waals surface area contributed by atoms with E-state index >= 15 is 0 Å². The van der Waals surface area contributed by atoms with Crippen LogP contribution in [0, 0.1) is 5.82 Å². The Balaban J connectivity index is 1.73. The molecule has 0 saturated carbocycles. The van der Waals surface area contributed by atoms with Crippen LogP contribution in [-0.2, 0) is 25.8 Å². The number of halogens is 1. The van der Waals surface area contributed by atoms with E-state index in [1.54, 1.807) is 36.4 Å². The molecule has 0 aliphatic carbocycles. The minimum Gasteiger partial charge on any atom is -0.283 e. The van der Waals surface area contributed by atoms with Crippen LogP contribution in [0.2, 0.25) is 0 Å². The summed E-state index contributed by atoms with van der Waals surface area (Å²) in [5.41, 5.74) is 0.633. The second-order valence-corrected chi connectivity index (χ2v) is 9.35. The molecule has 0 atom stereocenters.